The summed E-state index contributed by atoms with van der Waals surface area (Å²) in [7, 11) is 2.12. The number of piperazine rings is 1. The van der Waals surface area contributed by atoms with Crippen LogP contribution in [0.25, 0.3) is 0 Å². The van der Waals surface area contributed by atoms with Crippen LogP contribution in [0.1, 0.15) is 32.1 Å². The molecule has 2 amide bonds. The van der Waals surface area contributed by atoms with Gasteiger partial charge in [-0.25, -0.2) is 4.79 Å². The van der Waals surface area contributed by atoms with Crippen LogP contribution in [-0.4, -0.2) is 67.0 Å². The lowest BCUT2D eigenvalue weighted by molar-refractivity contribution is 0.119. The first-order valence-corrected chi connectivity index (χ1v) is 7.00. The van der Waals surface area contributed by atoms with E-state index in [1.807, 2.05) is 4.90 Å². The van der Waals surface area contributed by atoms with E-state index >= 15 is 0 Å². The van der Waals surface area contributed by atoms with E-state index in [4.69, 9.17) is 0 Å². The van der Waals surface area contributed by atoms with E-state index in [-0.39, 0.29) is 18.4 Å². The Morgan fingerprint density at radius 3 is 1.72 bits per heavy atom. The lowest BCUT2D eigenvalue weighted by Gasteiger charge is -2.36. The molecule has 0 spiro atoms. The summed E-state index contributed by atoms with van der Waals surface area (Å²) in [5.74, 6) is 0. The molecule has 0 aromatic rings. The lowest BCUT2D eigenvalue weighted by atomic mass is 10.1. The summed E-state index contributed by atoms with van der Waals surface area (Å²) in [5.41, 5.74) is 0. The molecule has 18 heavy (non-hydrogen) atoms. The third-order valence-corrected chi connectivity index (χ3v) is 3.90. The van der Waals surface area contributed by atoms with Crippen LogP contribution in [0.2, 0.25) is 0 Å². The number of hydrogen-bond donors (Lipinski definition) is 0. The summed E-state index contributed by atoms with van der Waals surface area (Å²) in [6.45, 7) is 5.74. The van der Waals surface area contributed by atoms with Gasteiger partial charge in [-0.15, -0.1) is 12.4 Å². The maximum absolute atomic E-state index is 12.4. The zero-order valence-electron chi connectivity index (χ0n) is 11.4. The van der Waals surface area contributed by atoms with E-state index in [9.17, 15) is 4.79 Å². The van der Waals surface area contributed by atoms with E-state index in [0.717, 1.165) is 39.3 Å². The van der Waals surface area contributed by atoms with Crippen LogP contribution < -0.4 is 0 Å². The van der Waals surface area contributed by atoms with Crippen LogP contribution in [0.15, 0.2) is 0 Å². The highest BCUT2D eigenvalue weighted by atomic mass is 35.5. The average molecular weight is 276 g/mol. The molecule has 0 unspecified atom stereocenters. The summed E-state index contributed by atoms with van der Waals surface area (Å²) in [6, 6.07) is 0.278. The first-order chi connectivity index (χ1) is 8.27. The number of rotatable bonds is 0. The Kier molecular flexibility index (Phi) is 6.79. The van der Waals surface area contributed by atoms with Gasteiger partial charge in [-0.3, -0.25) is 0 Å². The topological polar surface area (TPSA) is 26.8 Å². The molecule has 0 aromatic heterocycles. The minimum absolute atomic E-state index is 0. The van der Waals surface area contributed by atoms with Crippen LogP contribution in [0.3, 0.4) is 0 Å². The Morgan fingerprint density at radius 2 is 1.17 bits per heavy atom. The predicted molar refractivity (Wildman–Crippen MR) is 76.4 cm³/mol. The molecule has 0 saturated carbocycles. The monoisotopic (exact) mass is 275 g/mol. The molecule has 0 atom stereocenters. The molecule has 106 valence electrons. The minimum Gasteiger partial charge on any atom is -0.325 e. The van der Waals surface area contributed by atoms with Crippen LogP contribution in [-0.2, 0) is 0 Å². The fourth-order valence-corrected chi connectivity index (χ4v) is 2.64. The molecule has 2 aliphatic heterocycles. The molecule has 0 aliphatic carbocycles. The normalized spacial score (nSPS) is 22.9. The zero-order chi connectivity index (χ0) is 12.1. The van der Waals surface area contributed by atoms with Gasteiger partial charge < -0.3 is 14.7 Å². The van der Waals surface area contributed by atoms with Crippen LogP contribution in [0, 0.1) is 0 Å². The van der Waals surface area contributed by atoms with Gasteiger partial charge in [-0.2, -0.15) is 0 Å². The number of urea groups is 1. The van der Waals surface area contributed by atoms with E-state index in [0.29, 0.717) is 0 Å². The highest BCUT2D eigenvalue weighted by molar-refractivity contribution is 5.85. The van der Waals surface area contributed by atoms with Gasteiger partial charge >= 0.3 is 6.03 Å². The molecule has 0 aromatic carbocycles. The van der Waals surface area contributed by atoms with Crippen molar-refractivity contribution in [1.29, 1.82) is 0 Å². The van der Waals surface area contributed by atoms with Gasteiger partial charge in [-0.1, -0.05) is 19.3 Å². The van der Waals surface area contributed by atoms with Gasteiger partial charge in [0.1, 0.15) is 0 Å². The second kappa shape index (κ2) is 7.85. The molecule has 2 rings (SSSR count). The fourth-order valence-electron chi connectivity index (χ4n) is 2.64. The molecule has 4 nitrogen and oxygen atoms in total. The molecular weight excluding hydrogens is 250 g/mol. The summed E-state index contributed by atoms with van der Waals surface area (Å²) < 4.78 is 0. The molecule has 2 heterocycles. The lowest BCUT2D eigenvalue weighted by Crippen LogP contribution is -2.52. The number of carbonyl (C=O) groups excluding carboxylic acids is 1. The van der Waals surface area contributed by atoms with Crippen LogP contribution in [0.4, 0.5) is 4.79 Å². The van der Waals surface area contributed by atoms with Crippen molar-refractivity contribution >= 4 is 18.4 Å². The smallest absolute Gasteiger partial charge is 0.320 e. The van der Waals surface area contributed by atoms with Crippen LogP contribution in [0.5, 0.6) is 0 Å². The zero-order valence-corrected chi connectivity index (χ0v) is 12.3. The maximum Gasteiger partial charge on any atom is 0.320 e. The van der Waals surface area contributed by atoms with Crippen molar-refractivity contribution in [2.75, 3.05) is 46.3 Å². The van der Waals surface area contributed by atoms with E-state index in [1.165, 1.54) is 32.1 Å². The number of likely N-dealkylation sites (N-methyl/N-ethyl adjacent to an activating group) is 1. The summed E-state index contributed by atoms with van der Waals surface area (Å²) >= 11 is 0. The van der Waals surface area contributed by atoms with Crippen molar-refractivity contribution in [3.05, 3.63) is 0 Å². The molecule has 0 bridgehead atoms. The largest absolute Gasteiger partial charge is 0.325 e. The van der Waals surface area contributed by atoms with E-state index in [2.05, 4.69) is 16.8 Å². The summed E-state index contributed by atoms with van der Waals surface area (Å²) in [4.78, 5) is 18.8. The highest BCUT2D eigenvalue weighted by Gasteiger charge is 2.23. The van der Waals surface area contributed by atoms with E-state index in [1.54, 1.807) is 0 Å². The molecule has 0 radical (unpaired) electrons. The molecular formula is C13H26ClN3O. The number of halogens is 1. The van der Waals surface area contributed by atoms with Gasteiger partial charge in [-0.05, 0) is 19.9 Å². The Bertz CT molecular complexity index is 247. The summed E-state index contributed by atoms with van der Waals surface area (Å²) in [5, 5.41) is 0. The van der Waals surface area contributed by atoms with Crippen molar-refractivity contribution in [3.8, 4) is 0 Å². The quantitative estimate of drug-likeness (QED) is 0.676. The fraction of sp³-hybridized carbons (Fsp3) is 0.923. The molecule has 2 aliphatic rings. The first-order valence-electron chi connectivity index (χ1n) is 7.00. The Hall–Kier alpha value is -0.480. The van der Waals surface area contributed by atoms with Crippen LogP contribution >= 0.6 is 12.4 Å². The number of likely N-dealkylation sites (tertiary alicyclic amines) is 1. The Balaban J connectivity index is 0.00000162. The van der Waals surface area contributed by atoms with Crippen molar-refractivity contribution in [1.82, 2.24) is 14.7 Å². The molecule has 5 heteroatoms. The first kappa shape index (κ1) is 15.6. The highest BCUT2D eigenvalue weighted by Crippen LogP contribution is 2.13. The Labute approximate surface area is 117 Å². The molecule has 0 N–H and O–H groups in total. The van der Waals surface area contributed by atoms with Gasteiger partial charge in [0.05, 0.1) is 0 Å². The van der Waals surface area contributed by atoms with Crippen molar-refractivity contribution in [3.63, 3.8) is 0 Å². The second-order valence-electron chi connectivity index (χ2n) is 5.33. The third-order valence-electron chi connectivity index (χ3n) is 3.90. The Morgan fingerprint density at radius 1 is 0.722 bits per heavy atom. The van der Waals surface area contributed by atoms with Gasteiger partial charge in [0.15, 0.2) is 0 Å². The third kappa shape index (κ3) is 4.32. The van der Waals surface area contributed by atoms with Crippen molar-refractivity contribution < 1.29 is 4.79 Å². The summed E-state index contributed by atoms with van der Waals surface area (Å²) in [6.07, 6.45) is 6.27. The molecule has 2 saturated heterocycles. The van der Waals surface area contributed by atoms with Gasteiger partial charge in [0, 0.05) is 39.3 Å². The van der Waals surface area contributed by atoms with Crippen molar-refractivity contribution in [2.24, 2.45) is 0 Å². The molecule has 2 fully saturated rings. The minimum atomic E-state index is 0. The number of nitrogens with zero attached hydrogens (tertiary/aromatic N) is 3. The number of hydrogen-bond acceptors (Lipinski definition) is 2. The van der Waals surface area contributed by atoms with Gasteiger partial charge in [0.25, 0.3) is 0 Å². The number of carbonyl (C=O) groups is 1. The average Bonchev–Trinajstić information content (AvgIpc) is 2.29. The second-order valence-corrected chi connectivity index (χ2v) is 5.33. The standard InChI is InChI=1S/C13H25N3O.ClH/c1-14-9-11-16(12-10-14)13(17)15-7-5-3-2-4-6-8-15;/h2-12H2,1H3;1H. The maximum atomic E-state index is 12.4. The van der Waals surface area contributed by atoms with E-state index < -0.39 is 0 Å². The van der Waals surface area contributed by atoms with Crippen molar-refractivity contribution in [2.45, 2.75) is 32.1 Å². The van der Waals surface area contributed by atoms with Gasteiger partial charge in [0.2, 0.25) is 0 Å². The SMILES string of the molecule is CN1CCN(C(=O)N2CCCCCCC2)CC1.Cl. The predicted octanol–water partition coefficient (Wildman–Crippen LogP) is 2.04. The number of amides is 2.